The second-order valence-corrected chi connectivity index (χ2v) is 30.3. The van der Waals surface area contributed by atoms with E-state index in [2.05, 4.69) is 83.7 Å². The van der Waals surface area contributed by atoms with Gasteiger partial charge in [-0.3, -0.25) is 28.8 Å². The highest BCUT2D eigenvalue weighted by Gasteiger charge is 2.56. The third kappa shape index (κ3) is 24.3. The number of carbonyl (C=O) groups excluding carboxylic acids is 6. The van der Waals surface area contributed by atoms with Crippen molar-refractivity contribution in [2.24, 2.45) is 22.4 Å². The zero-order valence-corrected chi connectivity index (χ0v) is 60.0. The maximum atomic E-state index is 13.0. The van der Waals surface area contributed by atoms with Gasteiger partial charge >= 0.3 is 5.97 Å². The number of ether oxygens (including phenoxy) is 3. The van der Waals surface area contributed by atoms with Gasteiger partial charge in [-0.1, -0.05) is 89.4 Å². The Kier molecular flexibility index (Phi) is 32.9. The van der Waals surface area contributed by atoms with E-state index in [1.165, 1.54) is 59.7 Å². The lowest BCUT2D eigenvalue weighted by molar-refractivity contribution is -0.155. The Morgan fingerprint density at radius 2 is 1.12 bits per heavy atom. The van der Waals surface area contributed by atoms with Crippen LogP contribution in [0.1, 0.15) is 215 Å². The molecule has 0 spiro atoms. The molecule has 3 aromatic carbocycles. The zero-order chi connectivity index (χ0) is 72.7. The minimum Gasteiger partial charge on any atom is -0.496 e. The molecule has 530 valence electrons. The first-order valence-corrected chi connectivity index (χ1v) is 36.3. The summed E-state index contributed by atoms with van der Waals surface area (Å²) in [4.78, 5) is 76.8. The number of rotatable bonds is 39. The largest absolute Gasteiger partial charge is 0.496 e. The Labute approximate surface area is 580 Å². The molecular weight excluding hydrogens is 1290 g/mol. The van der Waals surface area contributed by atoms with Gasteiger partial charge in [0.05, 0.1) is 36.1 Å². The van der Waals surface area contributed by atoms with Crippen LogP contribution < -0.4 is 25.4 Å². The van der Waals surface area contributed by atoms with Crippen LogP contribution in [0.25, 0.3) is 10.4 Å². The molecule has 3 aromatic rings. The number of nitriles is 2. The number of benzene rings is 3. The number of hydrogen-bond donors (Lipinski definition) is 3. The fourth-order valence-electron chi connectivity index (χ4n) is 12.0. The van der Waals surface area contributed by atoms with Crippen LogP contribution in [0.4, 0.5) is 0 Å². The number of esters is 1. The number of hydrogen-bond acceptors (Lipinski definition) is 16. The van der Waals surface area contributed by atoms with E-state index in [0.29, 0.717) is 72.3 Å². The molecule has 3 aliphatic rings. The van der Waals surface area contributed by atoms with Crippen molar-refractivity contribution in [2.75, 3.05) is 53.5 Å². The summed E-state index contributed by atoms with van der Waals surface area (Å²) in [5, 5.41) is 30.5. The molecule has 98 heavy (non-hydrogen) atoms. The topological polar surface area (TPSA) is 337 Å². The van der Waals surface area contributed by atoms with Crippen LogP contribution in [-0.4, -0.2) is 120 Å². The first kappa shape index (κ1) is 81.6. The van der Waals surface area contributed by atoms with Gasteiger partial charge in [0, 0.05) is 92.2 Å². The van der Waals surface area contributed by atoms with E-state index in [0.717, 1.165) is 94.1 Å². The lowest BCUT2D eigenvalue weighted by atomic mass is 9.45. The third-order valence-corrected chi connectivity index (χ3v) is 21.2. The van der Waals surface area contributed by atoms with Crippen LogP contribution >= 0.6 is 0 Å². The number of unbranched alkanes of at least 4 members (excludes halogenated alkanes) is 9. The normalized spacial score (nSPS) is 15.2. The monoisotopic (exact) mass is 1390 g/mol. The molecule has 0 aliphatic heterocycles. The lowest BCUT2D eigenvalue weighted by Crippen LogP contribution is -2.52. The average Bonchev–Trinajstić information content (AvgIpc) is 0.709. The van der Waals surface area contributed by atoms with Crippen molar-refractivity contribution in [3.8, 4) is 48.3 Å². The number of nitrogens with zero attached hydrogens (tertiary/aromatic N) is 7. The van der Waals surface area contributed by atoms with E-state index >= 15 is 0 Å². The minimum absolute atomic E-state index is 0.00978. The molecule has 0 unspecified atom stereocenters. The molecule has 0 aromatic heterocycles. The van der Waals surface area contributed by atoms with Crippen molar-refractivity contribution in [1.29, 1.82) is 10.5 Å². The summed E-state index contributed by atoms with van der Waals surface area (Å²) >= 11 is 0. The van der Waals surface area contributed by atoms with E-state index in [9.17, 15) is 45.6 Å². The molecule has 2 bridgehead atoms. The summed E-state index contributed by atoms with van der Waals surface area (Å²) in [6.45, 7) is 15.3. The Balaban J connectivity index is 0.000000493. The van der Waals surface area contributed by atoms with Crippen LogP contribution in [0.5, 0.6) is 11.5 Å². The molecule has 3 N–H and O–H groups in total. The Hall–Kier alpha value is -8.87. The molecule has 0 heterocycles. The maximum Gasteiger partial charge on any atom is 0.306 e. The van der Waals surface area contributed by atoms with Crippen LogP contribution in [0, 0.1) is 64.6 Å². The predicted molar refractivity (Wildman–Crippen MR) is 374 cm³/mol. The smallest absolute Gasteiger partial charge is 0.306 e. The molecule has 23 nitrogen and oxygen atoms in total. The van der Waals surface area contributed by atoms with Gasteiger partial charge < -0.3 is 30.2 Å². The van der Waals surface area contributed by atoms with Crippen molar-refractivity contribution in [2.45, 2.75) is 204 Å². The van der Waals surface area contributed by atoms with Gasteiger partial charge in [0.2, 0.25) is 17.7 Å². The van der Waals surface area contributed by atoms with E-state index in [1.807, 2.05) is 20.8 Å². The van der Waals surface area contributed by atoms with Crippen LogP contribution in [-0.2, 0) is 49.4 Å². The number of methoxy groups -OCH3 is 2. The van der Waals surface area contributed by atoms with Gasteiger partial charge in [-0.25, -0.2) is 25.4 Å². The fraction of sp³-hybridized carbons (Fsp3) is 0.562. The number of nitrogens with one attached hydrogen (secondary N) is 3. The first-order valence-electron chi connectivity index (χ1n) is 33.4. The predicted octanol–water partition coefficient (Wildman–Crippen LogP) is 12.0. The molecule has 0 saturated heterocycles. The summed E-state index contributed by atoms with van der Waals surface area (Å²) < 4.78 is 70.1. The summed E-state index contributed by atoms with van der Waals surface area (Å²) in [5.74, 6) is 4.61. The van der Waals surface area contributed by atoms with Gasteiger partial charge in [-0.2, -0.15) is 10.5 Å². The number of amides is 5. The van der Waals surface area contributed by atoms with E-state index < -0.39 is 50.6 Å². The second kappa shape index (κ2) is 39.5. The van der Waals surface area contributed by atoms with Crippen LogP contribution in [0.2, 0.25) is 0 Å². The number of sulfonamides is 2. The Bertz CT molecular complexity index is 3690. The number of azide groups is 1. The minimum atomic E-state index is -4.30. The first-order chi connectivity index (χ1) is 46.5. The summed E-state index contributed by atoms with van der Waals surface area (Å²) in [6.07, 6.45) is 25.4. The molecule has 3 aliphatic carbocycles. The number of allylic oxidation sites excluding steroid dienone is 1. The highest BCUT2D eigenvalue weighted by molar-refractivity contribution is 7.90. The fourth-order valence-corrected chi connectivity index (χ4v) is 14.7. The molecule has 5 amide bonds. The maximum absolute atomic E-state index is 13.0. The molecular formula is C73H98N10O13S2. The van der Waals surface area contributed by atoms with Gasteiger partial charge in [-0.15, -0.1) is 24.7 Å². The van der Waals surface area contributed by atoms with Gasteiger partial charge in [0.1, 0.15) is 30.2 Å². The van der Waals surface area contributed by atoms with Crippen LogP contribution in [0.3, 0.4) is 0 Å². The lowest BCUT2D eigenvalue weighted by Gasteiger charge is -2.59. The van der Waals surface area contributed by atoms with Crippen molar-refractivity contribution in [3.63, 3.8) is 0 Å². The molecule has 1 saturated carbocycles. The summed E-state index contributed by atoms with van der Waals surface area (Å²) in [7, 11) is -5.11. The second-order valence-electron chi connectivity index (χ2n) is 26.6. The Morgan fingerprint density at radius 3 is 1.56 bits per heavy atom. The van der Waals surface area contributed by atoms with Gasteiger partial charge in [-0.05, 0) is 160 Å². The highest BCUT2D eigenvalue weighted by atomic mass is 32.2. The van der Waals surface area contributed by atoms with Crippen LogP contribution in [0.15, 0.2) is 87.2 Å². The van der Waals surface area contributed by atoms with E-state index in [-0.39, 0.29) is 87.0 Å². The molecule has 3 atom stereocenters. The highest BCUT2D eigenvalue weighted by Crippen LogP contribution is 2.65. The van der Waals surface area contributed by atoms with Gasteiger partial charge in [0.15, 0.2) is 0 Å². The summed E-state index contributed by atoms with van der Waals surface area (Å²) in [6, 6.07) is 18.1. The summed E-state index contributed by atoms with van der Waals surface area (Å²) in [5.41, 5.74) is 12.0. The third-order valence-electron chi connectivity index (χ3n) is 17.6. The van der Waals surface area contributed by atoms with Crippen molar-refractivity contribution in [1.82, 2.24) is 24.6 Å². The van der Waals surface area contributed by atoms with E-state index in [4.69, 9.17) is 43.1 Å². The van der Waals surface area contributed by atoms with E-state index in [1.54, 1.807) is 26.4 Å². The SMILES string of the molecule is C#CCCC(=O)N(CC#N)S(=O)(=O)c1ccc(C(=O)NCCCCCCC(=O)NCC2=C[C@H](c3c(OC)cc(C(C)(C)CCCCCCN=[N+]=[N-])cc3OC)[C@@H]3C[C@H]2C3(C)C)cc1.C#CCCC(=O)N(CC#N)S(=O)(=O)c1ccc(C(=O)NCCCCCCC(=O)OC(C)(C)C)cc1. The quantitative estimate of drug-likeness (QED) is 0.00698. The number of terminal acetylenes is 2. The number of fused-ring (bicyclic) bond motifs is 1. The Morgan fingerprint density at radius 1 is 0.663 bits per heavy atom. The number of carbonyl (C=O) groups is 6. The molecule has 25 heteroatoms. The average molecular weight is 1390 g/mol. The molecule has 6 rings (SSSR count). The van der Waals surface area contributed by atoms with Gasteiger partial charge in [0.25, 0.3) is 31.9 Å². The molecule has 0 radical (unpaired) electrons. The van der Waals surface area contributed by atoms with Crippen molar-refractivity contribution >= 4 is 55.6 Å². The standard InChI is InChI=1S/C48H65N7O7S.C25H33N3O6S/c1-8-9-19-44(57)55(28-25-49)63(59,60)37-22-20-34(21-23-37)46(58)51-26-16-12-10-14-18-43(56)52-33-35-29-38(40-32-39(35)48(40,4)5)45-41(61-6)30-36(31-42(45)62-7)47(2,3)24-15-11-13-17-27-53-54-50;1-5-6-11-22(29)28(19-17-26)35(32,33)21-15-13-20(14-16-21)24(31)27-18-10-8-7-9-12-23(30)34-25(2,3)4/h1,20-23,29-31,38-40H,9-19,24,26-28,32-33H2,2-7H3,(H,51,58)(H,52,56);1,13-16H,6-12,18-19H2,2-4H3,(H,27,31)/t38-,39+,40-;/m0./s1. The van der Waals surface area contributed by atoms with Crippen molar-refractivity contribution < 1.29 is 59.8 Å². The zero-order valence-electron chi connectivity index (χ0n) is 58.4. The molecule has 1 fully saturated rings. The van der Waals surface area contributed by atoms with Crippen molar-refractivity contribution in [3.05, 3.63) is 105 Å².